The number of aryl methyl sites for hydroxylation is 1. The number of rotatable bonds is 8. The summed E-state index contributed by atoms with van der Waals surface area (Å²) in [4.78, 5) is 5.06. The van der Waals surface area contributed by atoms with Crippen molar-refractivity contribution >= 4 is 0 Å². The van der Waals surface area contributed by atoms with Crippen LogP contribution < -0.4 is 0 Å². The van der Waals surface area contributed by atoms with Crippen LogP contribution in [0.25, 0.3) is 11.1 Å². The van der Waals surface area contributed by atoms with Crippen molar-refractivity contribution in [2.24, 2.45) is 5.92 Å². The molecule has 7 rings (SSSR count). The molecule has 1 aliphatic carbocycles. The first kappa shape index (κ1) is 27.1. The second kappa shape index (κ2) is 11.9. The molecule has 0 amide bonds. The molecule has 3 nitrogen and oxygen atoms in total. The molecule has 2 unspecified atom stereocenters. The van der Waals surface area contributed by atoms with E-state index in [4.69, 9.17) is 9.72 Å². The number of hydrogen-bond acceptors (Lipinski definition) is 2. The number of benzene rings is 5. The van der Waals surface area contributed by atoms with Crippen LogP contribution in [0.1, 0.15) is 46.2 Å². The number of ether oxygens (including phenoxy) is 1. The molecule has 1 aromatic heterocycles. The molecule has 5 aromatic carbocycles. The smallest absolute Gasteiger partial charge is 0.121 e. The van der Waals surface area contributed by atoms with Crippen LogP contribution in [-0.4, -0.2) is 16.7 Å². The van der Waals surface area contributed by atoms with Crippen LogP contribution in [0.3, 0.4) is 0 Å². The number of methoxy groups -OCH3 is 1. The number of nitrogens with zero attached hydrogens (tertiary/aromatic N) is 2. The fraction of sp³-hybridized carbons (Fsp3) is 0.175. The van der Waals surface area contributed by atoms with E-state index < -0.39 is 5.54 Å². The van der Waals surface area contributed by atoms with Crippen molar-refractivity contribution in [2.75, 3.05) is 7.11 Å². The Balaban J connectivity index is 1.32. The van der Waals surface area contributed by atoms with Gasteiger partial charge in [-0.15, -0.1) is 0 Å². The van der Waals surface area contributed by atoms with Crippen LogP contribution in [0.5, 0.6) is 0 Å². The van der Waals surface area contributed by atoms with Crippen molar-refractivity contribution < 1.29 is 4.74 Å². The standard InChI is InChI=1S/C40H36N2O/c1-43-39(32-24-22-31(23-25-32)30-14-6-2-7-15-30)33-26-27-37-38(28-33)42(29-41-37)40(34-16-8-3-9-17-34,35-18-10-4-11-19-35)36-20-12-5-13-21-36/h2-25,29,33,39H,26-28H2,1H3. The number of imidazole rings is 1. The lowest BCUT2D eigenvalue weighted by Crippen LogP contribution is -2.39. The van der Waals surface area contributed by atoms with E-state index in [1.807, 2.05) is 7.11 Å². The maximum atomic E-state index is 6.26. The predicted molar refractivity (Wildman–Crippen MR) is 174 cm³/mol. The molecule has 0 radical (unpaired) electrons. The molecule has 43 heavy (non-hydrogen) atoms. The quantitative estimate of drug-likeness (QED) is 0.174. The zero-order valence-electron chi connectivity index (χ0n) is 24.5. The minimum Gasteiger partial charge on any atom is -0.376 e. The summed E-state index contributed by atoms with van der Waals surface area (Å²) in [5, 5.41) is 0. The van der Waals surface area contributed by atoms with E-state index >= 15 is 0 Å². The fourth-order valence-electron chi connectivity index (χ4n) is 7.11. The van der Waals surface area contributed by atoms with Crippen molar-refractivity contribution in [1.82, 2.24) is 9.55 Å². The minimum absolute atomic E-state index is 0.000833. The van der Waals surface area contributed by atoms with Gasteiger partial charge in [0.1, 0.15) is 5.54 Å². The topological polar surface area (TPSA) is 27.1 Å². The molecule has 1 aliphatic rings. The highest BCUT2D eigenvalue weighted by Gasteiger charge is 2.42. The van der Waals surface area contributed by atoms with Gasteiger partial charge in [0.25, 0.3) is 0 Å². The molecule has 0 bridgehead atoms. The maximum absolute atomic E-state index is 6.26. The number of aromatic nitrogens is 2. The van der Waals surface area contributed by atoms with Gasteiger partial charge < -0.3 is 9.30 Å². The van der Waals surface area contributed by atoms with Crippen molar-refractivity contribution in [1.29, 1.82) is 0 Å². The normalized spacial score (nSPS) is 15.5. The maximum Gasteiger partial charge on any atom is 0.121 e. The van der Waals surface area contributed by atoms with Gasteiger partial charge in [-0.1, -0.05) is 146 Å². The predicted octanol–water partition coefficient (Wildman–Crippen LogP) is 8.88. The molecule has 2 atom stereocenters. The van der Waals surface area contributed by atoms with Crippen molar-refractivity contribution in [3.05, 3.63) is 186 Å². The fourth-order valence-corrected chi connectivity index (χ4v) is 7.11. The first-order chi connectivity index (χ1) is 21.3. The minimum atomic E-state index is -0.563. The summed E-state index contributed by atoms with van der Waals surface area (Å²) in [6.07, 6.45) is 4.95. The molecular formula is C40H36N2O. The van der Waals surface area contributed by atoms with E-state index in [0.29, 0.717) is 5.92 Å². The molecular weight excluding hydrogens is 524 g/mol. The molecule has 212 valence electrons. The second-order valence-electron chi connectivity index (χ2n) is 11.5. The van der Waals surface area contributed by atoms with Gasteiger partial charge in [0.15, 0.2) is 0 Å². The summed E-state index contributed by atoms with van der Waals surface area (Å²) in [6, 6.07) is 52.1. The Kier molecular flexibility index (Phi) is 7.49. The third-order valence-electron chi connectivity index (χ3n) is 9.12. The van der Waals surface area contributed by atoms with Gasteiger partial charge in [-0.3, -0.25) is 0 Å². The van der Waals surface area contributed by atoms with E-state index in [0.717, 1.165) is 19.3 Å². The van der Waals surface area contributed by atoms with Crippen LogP contribution in [0.4, 0.5) is 0 Å². The van der Waals surface area contributed by atoms with E-state index in [-0.39, 0.29) is 6.10 Å². The lowest BCUT2D eigenvalue weighted by Gasteiger charge is -2.40. The summed E-state index contributed by atoms with van der Waals surface area (Å²) in [5.41, 5.74) is 9.25. The van der Waals surface area contributed by atoms with E-state index in [1.165, 1.54) is 44.8 Å². The first-order valence-electron chi connectivity index (χ1n) is 15.2. The summed E-state index contributed by atoms with van der Waals surface area (Å²) >= 11 is 0. The zero-order valence-corrected chi connectivity index (χ0v) is 24.5. The van der Waals surface area contributed by atoms with E-state index in [9.17, 15) is 0 Å². The van der Waals surface area contributed by atoms with Crippen LogP contribution in [0, 0.1) is 5.92 Å². The highest BCUT2D eigenvalue weighted by molar-refractivity contribution is 5.63. The molecule has 0 saturated heterocycles. The van der Waals surface area contributed by atoms with E-state index in [1.54, 1.807) is 0 Å². The SMILES string of the molecule is COC(c1ccc(-c2ccccc2)cc1)C1CCc2ncn(C(c3ccccc3)(c3ccccc3)c3ccccc3)c2C1. The summed E-state index contributed by atoms with van der Waals surface area (Å²) in [7, 11) is 1.85. The Hall–Kier alpha value is -4.73. The molecule has 0 fully saturated rings. The monoisotopic (exact) mass is 560 g/mol. The van der Waals surface area contributed by atoms with Gasteiger partial charge in [0.2, 0.25) is 0 Å². The molecule has 0 N–H and O–H groups in total. The average molecular weight is 561 g/mol. The lowest BCUT2D eigenvalue weighted by atomic mass is 9.75. The Morgan fingerprint density at radius 1 is 0.651 bits per heavy atom. The second-order valence-corrected chi connectivity index (χ2v) is 11.5. The van der Waals surface area contributed by atoms with Crippen molar-refractivity contribution in [3.63, 3.8) is 0 Å². The third-order valence-corrected chi connectivity index (χ3v) is 9.12. The first-order valence-corrected chi connectivity index (χ1v) is 15.2. The molecule has 0 aliphatic heterocycles. The van der Waals surface area contributed by atoms with Gasteiger partial charge in [-0.2, -0.15) is 0 Å². The number of hydrogen-bond donors (Lipinski definition) is 0. The van der Waals surface area contributed by atoms with E-state index in [2.05, 4.69) is 156 Å². The third kappa shape index (κ3) is 4.90. The molecule has 1 heterocycles. The molecule has 6 aromatic rings. The number of fused-ring (bicyclic) bond motifs is 1. The van der Waals surface area contributed by atoms with Gasteiger partial charge in [-0.25, -0.2) is 4.98 Å². The summed E-state index contributed by atoms with van der Waals surface area (Å²) in [5.74, 6) is 0.329. The van der Waals surface area contributed by atoms with Gasteiger partial charge in [-0.05, 0) is 58.6 Å². The van der Waals surface area contributed by atoms with Crippen molar-refractivity contribution in [2.45, 2.75) is 30.9 Å². The largest absolute Gasteiger partial charge is 0.376 e. The van der Waals surface area contributed by atoms with Gasteiger partial charge in [0.05, 0.1) is 18.1 Å². The molecule has 0 saturated carbocycles. The average Bonchev–Trinajstić information content (AvgIpc) is 3.51. The summed E-state index contributed by atoms with van der Waals surface area (Å²) < 4.78 is 8.72. The molecule has 3 heteroatoms. The van der Waals surface area contributed by atoms with Gasteiger partial charge in [0, 0.05) is 12.8 Å². The highest BCUT2D eigenvalue weighted by atomic mass is 16.5. The Labute approximate surface area is 254 Å². The Morgan fingerprint density at radius 2 is 1.14 bits per heavy atom. The lowest BCUT2D eigenvalue weighted by molar-refractivity contribution is 0.0441. The van der Waals surface area contributed by atoms with Crippen molar-refractivity contribution in [3.8, 4) is 11.1 Å². The van der Waals surface area contributed by atoms with Gasteiger partial charge >= 0.3 is 0 Å². The van der Waals surface area contributed by atoms with Crippen LogP contribution >= 0.6 is 0 Å². The highest BCUT2D eigenvalue weighted by Crippen LogP contribution is 2.45. The summed E-state index contributed by atoms with van der Waals surface area (Å²) in [6.45, 7) is 0. The van der Waals surface area contributed by atoms with Crippen LogP contribution in [-0.2, 0) is 23.1 Å². The Morgan fingerprint density at radius 3 is 1.65 bits per heavy atom. The van der Waals surface area contributed by atoms with Crippen LogP contribution in [0.2, 0.25) is 0 Å². The van der Waals surface area contributed by atoms with Crippen LogP contribution in [0.15, 0.2) is 152 Å². The zero-order chi connectivity index (χ0) is 29.1. The molecule has 0 spiro atoms. The Bertz CT molecular complexity index is 1660.